The summed E-state index contributed by atoms with van der Waals surface area (Å²) in [7, 11) is 0. The Morgan fingerprint density at radius 2 is 2.06 bits per heavy atom. The zero-order chi connectivity index (χ0) is 13.6. The van der Waals surface area contributed by atoms with E-state index in [2.05, 4.69) is 54.8 Å². The van der Waals surface area contributed by atoms with Crippen LogP contribution in [0.5, 0.6) is 0 Å². The number of hydrogen-bond acceptors (Lipinski definition) is 6. The molecule has 2 N–H and O–H groups in total. The van der Waals surface area contributed by atoms with Crippen molar-refractivity contribution in [2.75, 3.05) is 17.3 Å². The van der Waals surface area contributed by atoms with Gasteiger partial charge in [-0.15, -0.1) is 5.10 Å². The van der Waals surface area contributed by atoms with Crippen molar-refractivity contribution in [3.63, 3.8) is 0 Å². The van der Waals surface area contributed by atoms with Crippen LogP contribution in [0.3, 0.4) is 0 Å². The number of hydrogen-bond donors (Lipinski definition) is 2. The van der Waals surface area contributed by atoms with Gasteiger partial charge in [0.2, 0.25) is 5.89 Å². The van der Waals surface area contributed by atoms with Crippen LogP contribution in [0.4, 0.5) is 6.01 Å². The Balaban J connectivity index is 2.38. The van der Waals surface area contributed by atoms with Gasteiger partial charge in [-0.3, -0.25) is 0 Å². The Morgan fingerprint density at radius 1 is 1.33 bits per heavy atom. The lowest BCUT2D eigenvalue weighted by molar-refractivity contribution is 0.383. The van der Waals surface area contributed by atoms with Crippen LogP contribution in [-0.4, -0.2) is 33.8 Å². The van der Waals surface area contributed by atoms with Crippen LogP contribution in [0.2, 0.25) is 0 Å². The van der Waals surface area contributed by atoms with E-state index in [4.69, 9.17) is 4.42 Å². The molecule has 0 amide bonds. The molecule has 6 heteroatoms. The van der Waals surface area contributed by atoms with E-state index in [0.29, 0.717) is 24.5 Å². The van der Waals surface area contributed by atoms with Crippen molar-refractivity contribution < 1.29 is 4.42 Å². The van der Waals surface area contributed by atoms with Gasteiger partial charge >= 0.3 is 6.01 Å². The van der Waals surface area contributed by atoms with Crippen LogP contribution in [0.1, 0.15) is 40.0 Å². The molecule has 1 atom stereocenters. The standard InChI is InChI=1S/C12H24N4OS/c1-9(6-7-18-5)14-11-16-15-10(17-11)8-13-12(2,3)4/h9,13H,6-8H2,1-5H3,(H,14,16). The van der Waals surface area contributed by atoms with Gasteiger partial charge in [-0.1, -0.05) is 5.10 Å². The minimum Gasteiger partial charge on any atom is -0.407 e. The molecule has 104 valence electrons. The van der Waals surface area contributed by atoms with Gasteiger partial charge in [-0.25, -0.2) is 0 Å². The molecule has 0 fully saturated rings. The zero-order valence-corrected chi connectivity index (χ0v) is 12.7. The largest absolute Gasteiger partial charge is 0.407 e. The third kappa shape index (κ3) is 6.26. The van der Waals surface area contributed by atoms with E-state index in [1.54, 1.807) is 0 Å². The molecule has 0 bridgehead atoms. The molecule has 1 unspecified atom stereocenters. The molecule has 0 aliphatic carbocycles. The summed E-state index contributed by atoms with van der Waals surface area (Å²) >= 11 is 1.84. The van der Waals surface area contributed by atoms with Crippen LogP contribution < -0.4 is 10.6 Å². The van der Waals surface area contributed by atoms with Crippen molar-refractivity contribution in [1.29, 1.82) is 0 Å². The van der Waals surface area contributed by atoms with Gasteiger partial charge < -0.3 is 15.1 Å². The van der Waals surface area contributed by atoms with Crippen LogP contribution in [-0.2, 0) is 6.54 Å². The molecule has 0 aromatic carbocycles. The van der Waals surface area contributed by atoms with E-state index in [1.165, 1.54) is 0 Å². The lowest BCUT2D eigenvalue weighted by Gasteiger charge is -2.18. The molecule has 18 heavy (non-hydrogen) atoms. The Hall–Kier alpha value is -0.750. The van der Waals surface area contributed by atoms with E-state index in [-0.39, 0.29) is 5.54 Å². The molecular formula is C12H24N4OS. The highest BCUT2D eigenvalue weighted by molar-refractivity contribution is 7.98. The Morgan fingerprint density at radius 3 is 2.67 bits per heavy atom. The van der Waals surface area contributed by atoms with Crippen molar-refractivity contribution in [2.24, 2.45) is 0 Å². The van der Waals surface area contributed by atoms with Gasteiger partial charge in [0.05, 0.1) is 6.54 Å². The number of thioether (sulfide) groups is 1. The normalized spacial score (nSPS) is 13.6. The fourth-order valence-electron chi connectivity index (χ4n) is 1.30. The van der Waals surface area contributed by atoms with E-state index < -0.39 is 0 Å². The molecule has 0 saturated carbocycles. The predicted octanol–water partition coefficient (Wildman–Crippen LogP) is 2.51. The molecule has 0 aliphatic rings. The van der Waals surface area contributed by atoms with Crippen molar-refractivity contribution in [3.8, 4) is 0 Å². The van der Waals surface area contributed by atoms with Crippen molar-refractivity contribution >= 4 is 17.8 Å². The maximum absolute atomic E-state index is 5.53. The van der Waals surface area contributed by atoms with Gasteiger partial charge in [-0.05, 0) is 46.1 Å². The number of nitrogens with one attached hydrogen (secondary N) is 2. The second-order valence-corrected chi connectivity index (χ2v) is 6.42. The van der Waals surface area contributed by atoms with Crippen LogP contribution in [0, 0.1) is 0 Å². The van der Waals surface area contributed by atoms with E-state index in [9.17, 15) is 0 Å². The summed E-state index contributed by atoms with van der Waals surface area (Å²) in [6.45, 7) is 9.03. The Bertz CT molecular complexity index is 348. The lowest BCUT2D eigenvalue weighted by atomic mass is 10.1. The number of aromatic nitrogens is 2. The second kappa shape index (κ2) is 6.99. The smallest absolute Gasteiger partial charge is 0.315 e. The van der Waals surface area contributed by atoms with Crippen molar-refractivity contribution in [1.82, 2.24) is 15.5 Å². The Labute approximate surface area is 114 Å². The number of rotatable bonds is 7. The summed E-state index contributed by atoms with van der Waals surface area (Å²) in [6, 6.07) is 0.857. The summed E-state index contributed by atoms with van der Waals surface area (Å²) in [4.78, 5) is 0. The molecule has 0 saturated heterocycles. The number of nitrogens with zero attached hydrogens (tertiary/aromatic N) is 2. The first-order chi connectivity index (χ1) is 8.40. The Kier molecular flexibility index (Phi) is 5.95. The molecule has 1 aromatic heterocycles. The van der Waals surface area contributed by atoms with E-state index in [0.717, 1.165) is 12.2 Å². The van der Waals surface area contributed by atoms with E-state index in [1.807, 2.05) is 11.8 Å². The fraction of sp³-hybridized carbons (Fsp3) is 0.833. The first-order valence-electron chi connectivity index (χ1n) is 6.23. The molecule has 1 heterocycles. The zero-order valence-electron chi connectivity index (χ0n) is 11.9. The van der Waals surface area contributed by atoms with Gasteiger partial charge in [0.15, 0.2) is 0 Å². The summed E-state index contributed by atoms with van der Waals surface area (Å²) < 4.78 is 5.53. The van der Waals surface area contributed by atoms with Gasteiger partial charge in [0, 0.05) is 11.6 Å². The highest BCUT2D eigenvalue weighted by atomic mass is 32.2. The highest BCUT2D eigenvalue weighted by Gasteiger charge is 2.13. The summed E-state index contributed by atoms with van der Waals surface area (Å²) in [5.74, 6) is 1.74. The average Bonchev–Trinajstić information content (AvgIpc) is 2.70. The molecule has 0 radical (unpaired) electrons. The first-order valence-corrected chi connectivity index (χ1v) is 7.63. The minimum absolute atomic E-state index is 0.0493. The van der Waals surface area contributed by atoms with Crippen LogP contribution in [0.15, 0.2) is 4.42 Å². The molecule has 0 spiro atoms. The minimum atomic E-state index is 0.0493. The molecular weight excluding hydrogens is 248 g/mol. The summed E-state index contributed by atoms with van der Waals surface area (Å²) in [6.07, 6.45) is 3.19. The van der Waals surface area contributed by atoms with Gasteiger partial charge in [0.25, 0.3) is 0 Å². The summed E-state index contributed by atoms with van der Waals surface area (Å²) in [5, 5.41) is 14.5. The monoisotopic (exact) mass is 272 g/mol. The topological polar surface area (TPSA) is 63.0 Å². The van der Waals surface area contributed by atoms with Crippen molar-refractivity contribution in [2.45, 2.75) is 52.2 Å². The van der Waals surface area contributed by atoms with Gasteiger partial charge in [0.1, 0.15) is 0 Å². The molecule has 1 rings (SSSR count). The van der Waals surface area contributed by atoms with Crippen molar-refractivity contribution in [3.05, 3.63) is 5.89 Å². The first kappa shape index (κ1) is 15.3. The molecule has 0 aliphatic heterocycles. The quantitative estimate of drug-likeness (QED) is 0.795. The lowest BCUT2D eigenvalue weighted by Crippen LogP contribution is -2.35. The summed E-state index contributed by atoms with van der Waals surface area (Å²) in [5.41, 5.74) is 0.0493. The average molecular weight is 272 g/mol. The number of anilines is 1. The predicted molar refractivity (Wildman–Crippen MR) is 77.0 cm³/mol. The highest BCUT2D eigenvalue weighted by Crippen LogP contribution is 2.10. The molecule has 1 aromatic rings. The molecule has 5 nitrogen and oxygen atoms in total. The second-order valence-electron chi connectivity index (χ2n) is 5.43. The van der Waals surface area contributed by atoms with Crippen LogP contribution >= 0.6 is 11.8 Å². The SMILES string of the molecule is CSCCC(C)Nc1nnc(CNC(C)(C)C)o1. The fourth-order valence-corrected chi connectivity index (χ4v) is 1.89. The van der Waals surface area contributed by atoms with E-state index >= 15 is 0 Å². The maximum atomic E-state index is 5.53. The van der Waals surface area contributed by atoms with Gasteiger partial charge in [-0.2, -0.15) is 11.8 Å². The third-order valence-electron chi connectivity index (χ3n) is 2.36. The third-order valence-corrected chi connectivity index (χ3v) is 3.01. The maximum Gasteiger partial charge on any atom is 0.315 e. The van der Waals surface area contributed by atoms with Crippen LogP contribution in [0.25, 0.3) is 0 Å².